The molecule has 0 aliphatic carbocycles. The van der Waals surface area contributed by atoms with Gasteiger partial charge in [-0.3, -0.25) is 4.79 Å². The van der Waals surface area contributed by atoms with E-state index in [2.05, 4.69) is 6.58 Å². The lowest BCUT2D eigenvalue weighted by Gasteiger charge is -1.94. The van der Waals surface area contributed by atoms with Gasteiger partial charge in [0.2, 0.25) is 5.91 Å². The van der Waals surface area contributed by atoms with E-state index < -0.39 is 0 Å². The molecular weight excluding hydrogens is 138 g/mol. The predicted molar refractivity (Wildman–Crippen MR) is 46.9 cm³/mol. The normalized spacial score (nSPS) is 11.9. The third-order valence-electron chi connectivity index (χ3n) is 1.17. The van der Waals surface area contributed by atoms with Gasteiger partial charge in [0.1, 0.15) is 0 Å². The Balaban J connectivity index is 4.31. The van der Waals surface area contributed by atoms with Gasteiger partial charge in [-0.2, -0.15) is 0 Å². The number of hydrogen-bond donors (Lipinski definition) is 1. The molecule has 0 saturated carbocycles. The van der Waals surface area contributed by atoms with Crippen molar-refractivity contribution in [3.8, 4) is 0 Å². The molecule has 0 heterocycles. The molecule has 11 heavy (non-hydrogen) atoms. The lowest BCUT2D eigenvalue weighted by atomic mass is 10.1. The van der Waals surface area contributed by atoms with Crippen LogP contribution in [0.25, 0.3) is 0 Å². The number of carbonyl (C=O) groups excluding carboxylic acids is 1. The van der Waals surface area contributed by atoms with Crippen LogP contribution in [0.5, 0.6) is 0 Å². The Bertz CT molecular complexity index is 202. The maximum absolute atomic E-state index is 10.7. The van der Waals surface area contributed by atoms with Crippen LogP contribution in [-0.4, -0.2) is 5.91 Å². The third-order valence-corrected chi connectivity index (χ3v) is 1.17. The molecule has 2 heteroatoms. The van der Waals surface area contributed by atoms with E-state index >= 15 is 0 Å². The molecule has 2 nitrogen and oxygen atoms in total. The van der Waals surface area contributed by atoms with E-state index in [1.807, 2.05) is 13.0 Å². The summed E-state index contributed by atoms with van der Waals surface area (Å²) in [5, 5.41) is 0. The number of allylic oxidation sites excluding steroid dienone is 4. The van der Waals surface area contributed by atoms with Gasteiger partial charge in [0, 0.05) is 5.57 Å². The monoisotopic (exact) mass is 151 g/mol. The van der Waals surface area contributed by atoms with Gasteiger partial charge in [0.15, 0.2) is 0 Å². The molecule has 0 aliphatic rings. The highest BCUT2D eigenvalue weighted by molar-refractivity contribution is 5.92. The minimum atomic E-state index is -0.386. The number of primary amides is 1. The molecule has 0 radical (unpaired) electrons. The molecule has 0 rings (SSSR count). The van der Waals surface area contributed by atoms with Gasteiger partial charge >= 0.3 is 0 Å². The maximum atomic E-state index is 10.7. The van der Waals surface area contributed by atoms with Crippen LogP contribution in [0.4, 0.5) is 0 Å². The van der Waals surface area contributed by atoms with Crippen LogP contribution < -0.4 is 5.73 Å². The van der Waals surface area contributed by atoms with Gasteiger partial charge in [-0.05, 0) is 13.3 Å². The second-order valence-electron chi connectivity index (χ2n) is 2.07. The Kier molecular flexibility index (Phi) is 4.82. The number of carbonyl (C=O) groups is 1. The first kappa shape index (κ1) is 9.69. The van der Waals surface area contributed by atoms with Crippen LogP contribution in [-0.2, 0) is 4.79 Å². The van der Waals surface area contributed by atoms with E-state index in [1.54, 1.807) is 18.2 Å². The van der Waals surface area contributed by atoms with Crippen LogP contribution in [0, 0.1) is 0 Å². The summed E-state index contributed by atoms with van der Waals surface area (Å²) >= 11 is 0. The number of hydrogen-bond acceptors (Lipinski definition) is 1. The van der Waals surface area contributed by atoms with Crippen LogP contribution >= 0.6 is 0 Å². The van der Waals surface area contributed by atoms with E-state index in [0.29, 0.717) is 12.0 Å². The van der Waals surface area contributed by atoms with Crippen molar-refractivity contribution in [2.45, 2.75) is 13.3 Å². The first-order valence-electron chi connectivity index (χ1n) is 3.45. The standard InChI is InChI=1S/C9H13NO/c1-3-5-7-8(6-4-2)9(10)11/h3-5,7H,2,6H2,1H3,(H2,10,11)/b5-3+,8-7+. The summed E-state index contributed by atoms with van der Waals surface area (Å²) < 4.78 is 0. The zero-order valence-electron chi connectivity index (χ0n) is 6.71. The molecule has 60 valence electrons. The first-order chi connectivity index (χ1) is 5.22. The molecular formula is C9H13NO. The van der Waals surface area contributed by atoms with Crippen LogP contribution in [0.15, 0.2) is 36.5 Å². The molecule has 0 unspecified atom stereocenters. The smallest absolute Gasteiger partial charge is 0.244 e. The van der Waals surface area contributed by atoms with Crippen LogP contribution in [0.3, 0.4) is 0 Å². The highest BCUT2D eigenvalue weighted by Crippen LogP contribution is 2.00. The fraction of sp³-hybridized carbons (Fsp3) is 0.222. The summed E-state index contributed by atoms with van der Waals surface area (Å²) in [5.74, 6) is -0.386. The van der Waals surface area contributed by atoms with E-state index in [0.717, 1.165) is 0 Å². The molecule has 0 aromatic rings. The van der Waals surface area contributed by atoms with Gasteiger partial charge < -0.3 is 5.73 Å². The number of amides is 1. The Morgan fingerprint density at radius 1 is 1.64 bits per heavy atom. The van der Waals surface area contributed by atoms with Crippen LogP contribution in [0.2, 0.25) is 0 Å². The SMILES string of the molecule is C=CC/C(=C\C=C\C)C(N)=O. The topological polar surface area (TPSA) is 43.1 Å². The van der Waals surface area contributed by atoms with E-state index in [1.165, 1.54) is 0 Å². The van der Waals surface area contributed by atoms with Crippen molar-refractivity contribution in [2.24, 2.45) is 5.73 Å². The molecule has 0 fully saturated rings. The summed E-state index contributed by atoms with van der Waals surface area (Å²) in [7, 11) is 0. The second-order valence-corrected chi connectivity index (χ2v) is 2.07. The Morgan fingerprint density at radius 2 is 2.27 bits per heavy atom. The second kappa shape index (κ2) is 5.47. The molecule has 1 amide bonds. The zero-order valence-corrected chi connectivity index (χ0v) is 6.71. The van der Waals surface area contributed by atoms with E-state index in [9.17, 15) is 4.79 Å². The Labute approximate surface area is 67.1 Å². The van der Waals surface area contributed by atoms with Gasteiger partial charge in [0.25, 0.3) is 0 Å². The van der Waals surface area contributed by atoms with Crippen molar-refractivity contribution in [3.63, 3.8) is 0 Å². The number of rotatable bonds is 4. The van der Waals surface area contributed by atoms with Gasteiger partial charge in [-0.1, -0.05) is 24.3 Å². The highest BCUT2D eigenvalue weighted by Gasteiger charge is 1.98. The molecule has 0 atom stereocenters. The summed E-state index contributed by atoms with van der Waals surface area (Å²) in [4.78, 5) is 10.7. The highest BCUT2D eigenvalue weighted by atomic mass is 16.1. The van der Waals surface area contributed by atoms with Crippen molar-refractivity contribution >= 4 is 5.91 Å². The molecule has 0 saturated heterocycles. The lowest BCUT2D eigenvalue weighted by Crippen LogP contribution is -2.13. The largest absolute Gasteiger partial charge is 0.366 e. The van der Waals surface area contributed by atoms with Gasteiger partial charge in [-0.15, -0.1) is 6.58 Å². The van der Waals surface area contributed by atoms with Gasteiger partial charge in [-0.25, -0.2) is 0 Å². The van der Waals surface area contributed by atoms with E-state index in [4.69, 9.17) is 5.73 Å². The van der Waals surface area contributed by atoms with Crippen LogP contribution in [0.1, 0.15) is 13.3 Å². The lowest BCUT2D eigenvalue weighted by molar-refractivity contribution is -0.114. The quantitative estimate of drug-likeness (QED) is 0.370. The summed E-state index contributed by atoms with van der Waals surface area (Å²) in [5.41, 5.74) is 5.66. The Hall–Kier alpha value is -1.31. The molecule has 0 aliphatic heterocycles. The van der Waals surface area contributed by atoms with Gasteiger partial charge in [0.05, 0.1) is 0 Å². The van der Waals surface area contributed by atoms with Crippen molar-refractivity contribution < 1.29 is 4.79 Å². The maximum Gasteiger partial charge on any atom is 0.244 e. The fourth-order valence-electron chi connectivity index (χ4n) is 0.619. The summed E-state index contributed by atoms with van der Waals surface area (Å²) in [6, 6.07) is 0. The van der Waals surface area contributed by atoms with Crippen molar-refractivity contribution in [1.82, 2.24) is 0 Å². The summed E-state index contributed by atoms with van der Waals surface area (Å²) in [6.45, 7) is 5.40. The minimum absolute atomic E-state index is 0.386. The molecule has 0 aromatic heterocycles. The Morgan fingerprint density at radius 3 is 2.64 bits per heavy atom. The molecule has 0 aromatic carbocycles. The molecule has 0 bridgehead atoms. The number of nitrogens with two attached hydrogens (primary N) is 1. The first-order valence-corrected chi connectivity index (χ1v) is 3.45. The minimum Gasteiger partial charge on any atom is -0.366 e. The molecule has 0 spiro atoms. The van der Waals surface area contributed by atoms with Crippen molar-refractivity contribution in [2.75, 3.05) is 0 Å². The summed E-state index contributed by atoms with van der Waals surface area (Å²) in [6.07, 6.45) is 7.50. The fourth-order valence-corrected chi connectivity index (χ4v) is 0.619. The average molecular weight is 151 g/mol. The van der Waals surface area contributed by atoms with Crippen molar-refractivity contribution in [1.29, 1.82) is 0 Å². The van der Waals surface area contributed by atoms with Crippen molar-refractivity contribution in [3.05, 3.63) is 36.5 Å². The molecule has 2 N–H and O–H groups in total. The predicted octanol–water partition coefficient (Wildman–Crippen LogP) is 1.55. The van der Waals surface area contributed by atoms with E-state index in [-0.39, 0.29) is 5.91 Å². The average Bonchev–Trinajstić information content (AvgIpc) is 1.97. The third kappa shape index (κ3) is 4.14. The zero-order chi connectivity index (χ0) is 8.69.